The molecule has 1 aliphatic heterocycles. The first-order valence-corrected chi connectivity index (χ1v) is 7.26. The summed E-state index contributed by atoms with van der Waals surface area (Å²) < 4.78 is 0. The lowest BCUT2D eigenvalue weighted by Gasteiger charge is -2.22. The maximum Gasteiger partial charge on any atom is 0.228 e. The highest BCUT2D eigenvalue weighted by atomic mass is 35.5. The molecule has 0 radical (unpaired) electrons. The van der Waals surface area contributed by atoms with Crippen LogP contribution in [0.2, 0.25) is 5.02 Å². The lowest BCUT2D eigenvalue weighted by molar-refractivity contribution is -0.128. The Bertz CT molecular complexity index is 704. The van der Waals surface area contributed by atoms with Gasteiger partial charge in [-0.1, -0.05) is 17.7 Å². The summed E-state index contributed by atoms with van der Waals surface area (Å²) in [6.45, 7) is 3.49. The van der Waals surface area contributed by atoms with Crippen molar-refractivity contribution in [2.75, 3.05) is 5.32 Å². The van der Waals surface area contributed by atoms with E-state index in [0.717, 1.165) is 5.56 Å². The van der Waals surface area contributed by atoms with Crippen LogP contribution in [0.4, 0.5) is 5.69 Å². The zero-order chi connectivity index (χ0) is 16.3. The highest BCUT2D eigenvalue weighted by Gasteiger charge is 2.28. The Morgan fingerprint density at radius 1 is 1.50 bits per heavy atom. The lowest BCUT2D eigenvalue weighted by atomic mass is 9.91. The molecule has 0 aromatic heterocycles. The Hall–Kier alpha value is -2.32. The third-order valence-corrected chi connectivity index (χ3v) is 4.10. The van der Waals surface area contributed by atoms with Crippen molar-refractivity contribution in [2.24, 2.45) is 5.92 Å². The quantitative estimate of drug-likeness (QED) is 0.899. The summed E-state index contributed by atoms with van der Waals surface area (Å²) in [7, 11) is 0. The normalized spacial score (nSPS) is 17.7. The summed E-state index contributed by atoms with van der Waals surface area (Å²) >= 11 is 6.01. The second-order valence-corrected chi connectivity index (χ2v) is 5.68. The molecule has 0 saturated heterocycles. The number of nitrogens with one attached hydrogen (secondary N) is 2. The fraction of sp³-hybridized carbons (Fsp3) is 0.312. The standard InChI is InChI=1S/C16H16ClN3O2/c1-9-13(17)4-3-5-14(9)20-15(21)7-11-6-12(8-18)10(2)19-16(11)22/h3-5,11H,6-7H2,1-2H3,(H,19,22)(H,20,21). The van der Waals surface area contributed by atoms with E-state index in [1.807, 2.05) is 6.92 Å². The van der Waals surface area contributed by atoms with Crippen LogP contribution in [0.1, 0.15) is 25.3 Å². The Morgan fingerprint density at radius 2 is 2.23 bits per heavy atom. The van der Waals surface area contributed by atoms with Crippen LogP contribution in [0.25, 0.3) is 0 Å². The molecular formula is C16H16ClN3O2. The molecule has 2 rings (SSSR count). The van der Waals surface area contributed by atoms with Crippen molar-refractivity contribution < 1.29 is 9.59 Å². The first kappa shape index (κ1) is 16.1. The van der Waals surface area contributed by atoms with E-state index < -0.39 is 5.92 Å². The molecule has 1 heterocycles. The van der Waals surface area contributed by atoms with Gasteiger partial charge >= 0.3 is 0 Å². The van der Waals surface area contributed by atoms with Crippen molar-refractivity contribution in [1.82, 2.24) is 5.32 Å². The van der Waals surface area contributed by atoms with E-state index in [2.05, 4.69) is 16.7 Å². The molecule has 114 valence electrons. The monoisotopic (exact) mass is 317 g/mol. The van der Waals surface area contributed by atoms with E-state index in [4.69, 9.17) is 16.9 Å². The largest absolute Gasteiger partial charge is 0.329 e. The number of halogens is 1. The number of nitrogens with zero attached hydrogens (tertiary/aromatic N) is 1. The number of hydrogen-bond donors (Lipinski definition) is 2. The highest BCUT2D eigenvalue weighted by Crippen LogP contribution is 2.25. The van der Waals surface area contributed by atoms with Crippen molar-refractivity contribution in [1.29, 1.82) is 5.26 Å². The predicted octanol–water partition coefficient (Wildman–Crippen LogP) is 2.91. The smallest absolute Gasteiger partial charge is 0.228 e. The van der Waals surface area contributed by atoms with Crippen LogP contribution < -0.4 is 10.6 Å². The van der Waals surface area contributed by atoms with Crippen molar-refractivity contribution in [3.63, 3.8) is 0 Å². The topological polar surface area (TPSA) is 82.0 Å². The van der Waals surface area contributed by atoms with Gasteiger partial charge in [-0.15, -0.1) is 0 Å². The number of rotatable bonds is 3. The summed E-state index contributed by atoms with van der Waals surface area (Å²) in [6.07, 6.45) is 0.312. The van der Waals surface area contributed by atoms with E-state index in [9.17, 15) is 9.59 Å². The zero-order valence-electron chi connectivity index (χ0n) is 12.4. The molecule has 6 heteroatoms. The Labute approximate surface area is 134 Å². The third kappa shape index (κ3) is 3.46. The SMILES string of the molecule is CC1=C(C#N)CC(CC(=O)Nc2cccc(Cl)c2C)C(=O)N1. The minimum absolute atomic E-state index is 0.0241. The molecule has 22 heavy (non-hydrogen) atoms. The van der Waals surface area contributed by atoms with E-state index in [1.165, 1.54) is 0 Å². The number of benzene rings is 1. The summed E-state index contributed by atoms with van der Waals surface area (Å²) in [5.74, 6) is -1.03. The summed E-state index contributed by atoms with van der Waals surface area (Å²) in [5.41, 5.74) is 2.48. The maximum absolute atomic E-state index is 12.1. The van der Waals surface area contributed by atoms with E-state index in [0.29, 0.717) is 22.0 Å². The Balaban J connectivity index is 2.05. The van der Waals surface area contributed by atoms with Gasteiger partial charge in [0.2, 0.25) is 11.8 Å². The Morgan fingerprint density at radius 3 is 2.91 bits per heavy atom. The second-order valence-electron chi connectivity index (χ2n) is 5.27. The van der Waals surface area contributed by atoms with Gasteiger partial charge in [0.25, 0.3) is 0 Å². The average molecular weight is 318 g/mol. The first-order valence-electron chi connectivity index (χ1n) is 6.88. The fourth-order valence-corrected chi connectivity index (χ4v) is 2.49. The van der Waals surface area contributed by atoms with Gasteiger partial charge in [0.15, 0.2) is 0 Å². The molecule has 0 aliphatic carbocycles. The molecule has 0 spiro atoms. The number of allylic oxidation sites excluding steroid dienone is 2. The second kappa shape index (κ2) is 6.63. The molecule has 1 unspecified atom stereocenters. The number of hydrogen-bond acceptors (Lipinski definition) is 3. The fourth-order valence-electron chi connectivity index (χ4n) is 2.32. The lowest BCUT2D eigenvalue weighted by Crippen LogP contribution is -2.36. The van der Waals surface area contributed by atoms with Gasteiger partial charge < -0.3 is 10.6 Å². The number of carbonyl (C=O) groups excluding carboxylic acids is 2. The molecule has 1 aliphatic rings. The number of nitriles is 1. The molecular weight excluding hydrogens is 302 g/mol. The minimum Gasteiger partial charge on any atom is -0.329 e. The third-order valence-electron chi connectivity index (χ3n) is 3.69. The van der Waals surface area contributed by atoms with Crippen LogP contribution in [-0.4, -0.2) is 11.8 Å². The van der Waals surface area contributed by atoms with Gasteiger partial charge in [-0.05, 0) is 38.0 Å². The maximum atomic E-state index is 12.1. The Kier molecular flexibility index (Phi) is 4.84. The molecule has 2 amide bonds. The van der Waals surface area contributed by atoms with Crippen LogP contribution in [-0.2, 0) is 9.59 Å². The molecule has 0 bridgehead atoms. The van der Waals surface area contributed by atoms with Gasteiger partial charge in [0, 0.05) is 28.4 Å². The zero-order valence-corrected chi connectivity index (χ0v) is 13.1. The van der Waals surface area contributed by atoms with Crippen LogP contribution in [0.3, 0.4) is 0 Å². The van der Waals surface area contributed by atoms with Crippen LogP contribution in [0, 0.1) is 24.2 Å². The van der Waals surface area contributed by atoms with Crippen molar-refractivity contribution in [3.05, 3.63) is 40.1 Å². The summed E-state index contributed by atoms with van der Waals surface area (Å²) in [4.78, 5) is 24.1. The molecule has 5 nitrogen and oxygen atoms in total. The predicted molar refractivity (Wildman–Crippen MR) is 84.0 cm³/mol. The van der Waals surface area contributed by atoms with Gasteiger partial charge in [0.1, 0.15) is 0 Å². The van der Waals surface area contributed by atoms with Crippen molar-refractivity contribution >= 4 is 29.1 Å². The van der Waals surface area contributed by atoms with Crippen molar-refractivity contribution in [3.8, 4) is 6.07 Å². The van der Waals surface area contributed by atoms with E-state index in [1.54, 1.807) is 25.1 Å². The van der Waals surface area contributed by atoms with Crippen molar-refractivity contribution in [2.45, 2.75) is 26.7 Å². The van der Waals surface area contributed by atoms with Crippen LogP contribution >= 0.6 is 11.6 Å². The molecule has 0 saturated carbocycles. The summed E-state index contributed by atoms with van der Waals surface area (Å²) in [5, 5.41) is 15.0. The van der Waals surface area contributed by atoms with E-state index in [-0.39, 0.29) is 24.7 Å². The van der Waals surface area contributed by atoms with E-state index >= 15 is 0 Å². The van der Waals surface area contributed by atoms with Gasteiger partial charge in [-0.3, -0.25) is 9.59 Å². The molecule has 1 aromatic rings. The van der Waals surface area contributed by atoms with Gasteiger partial charge in [0.05, 0.1) is 12.0 Å². The average Bonchev–Trinajstić information content (AvgIpc) is 2.47. The number of amides is 2. The number of anilines is 1. The van der Waals surface area contributed by atoms with Crippen LogP contribution in [0.5, 0.6) is 0 Å². The summed E-state index contributed by atoms with van der Waals surface area (Å²) in [6, 6.07) is 7.31. The first-order chi connectivity index (χ1) is 10.4. The minimum atomic E-state index is -0.530. The molecule has 1 aromatic carbocycles. The molecule has 2 N–H and O–H groups in total. The van der Waals surface area contributed by atoms with Gasteiger partial charge in [-0.25, -0.2) is 0 Å². The number of carbonyl (C=O) groups is 2. The highest BCUT2D eigenvalue weighted by molar-refractivity contribution is 6.31. The molecule has 1 atom stereocenters. The molecule has 0 fully saturated rings. The van der Waals surface area contributed by atoms with Crippen LogP contribution in [0.15, 0.2) is 29.5 Å². The van der Waals surface area contributed by atoms with Gasteiger partial charge in [-0.2, -0.15) is 5.26 Å².